The molecule has 3 N–H and O–H groups in total. The Hall–Kier alpha value is -1.46. The van der Waals surface area contributed by atoms with Crippen LogP contribution in [0.25, 0.3) is 0 Å². The van der Waals surface area contributed by atoms with Crippen molar-refractivity contribution in [3.8, 4) is 0 Å². The summed E-state index contributed by atoms with van der Waals surface area (Å²) in [6.07, 6.45) is -1.83. The number of anilines is 1. The van der Waals surface area contributed by atoms with Crippen molar-refractivity contribution < 1.29 is 15.0 Å². The Kier molecular flexibility index (Phi) is 5.59. The molecular formula is C11H15ClN2O3. The number of rotatable bonds is 1. The number of carboxylic acid groups (broad SMARTS) is 2. The van der Waals surface area contributed by atoms with Crippen LogP contribution in [0.5, 0.6) is 0 Å². The molecule has 0 bridgehead atoms. The first-order valence-corrected chi connectivity index (χ1v) is 5.61. The molecule has 0 aliphatic carbocycles. The second kappa shape index (κ2) is 6.98. The summed E-state index contributed by atoms with van der Waals surface area (Å²) in [6.45, 7) is 4.18. The van der Waals surface area contributed by atoms with E-state index in [1.54, 1.807) is 0 Å². The molecule has 1 aromatic carbocycles. The molecule has 0 saturated carbocycles. The molecule has 0 aromatic heterocycles. The quantitative estimate of drug-likeness (QED) is 0.718. The molecule has 0 atom stereocenters. The lowest BCUT2D eigenvalue weighted by atomic mass is 10.2. The summed E-state index contributed by atoms with van der Waals surface area (Å²) in [6, 6.07) is 8.02. The average molecular weight is 259 g/mol. The molecule has 2 rings (SSSR count). The van der Waals surface area contributed by atoms with Crippen LogP contribution in [0.3, 0.4) is 0 Å². The highest BCUT2D eigenvalue weighted by atomic mass is 35.5. The van der Waals surface area contributed by atoms with Crippen LogP contribution in [-0.4, -0.2) is 42.5 Å². The molecule has 1 aliphatic heterocycles. The fraction of sp³-hybridized carbons (Fsp3) is 0.364. The lowest BCUT2D eigenvalue weighted by Gasteiger charge is -2.30. The second-order valence-corrected chi connectivity index (χ2v) is 3.88. The van der Waals surface area contributed by atoms with Crippen LogP contribution in [0.15, 0.2) is 24.3 Å². The summed E-state index contributed by atoms with van der Waals surface area (Å²) in [5.74, 6) is 0. The summed E-state index contributed by atoms with van der Waals surface area (Å²) in [5, 5.41) is 18.1. The molecule has 1 fully saturated rings. The predicted octanol–water partition coefficient (Wildman–Crippen LogP) is 1.97. The predicted molar refractivity (Wildman–Crippen MR) is 67.2 cm³/mol. The minimum absolute atomic E-state index is 0.851. The molecular weight excluding hydrogens is 244 g/mol. The van der Waals surface area contributed by atoms with E-state index in [9.17, 15) is 0 Å². The first-order chi connectivity index (χ1) is 8.11. The Morgan fingerprint density at radius 1 is 1.24 bits per heavy atom. The minimum atomic E-state index is -1.83. The van der Waals surface area contributed by atoms with Gasteiger partial charge in [0.1, 0.15) is 0 Å². The highest BCUT2D eigenvalue weighted by Crippen LogP contribution is 2.24. The number of piperazine rings is 1. The first kappa shape index (κ1) is 13.6. The molecule has 1 saturated heterocycles. The Morgan fingerprint density at radius 3 is 2.29 bits per heavy atom. The van der Waals surface area contributed by atoms with Crippen molar-refractivity contribution in [3.63, 3.8) is 0 Å². The van der Waals surface area contributed by atoms with E-state index in [1.165, 1.54) is 0 Å². The zero-order valence-electron chi connectivity index (χ0n) is 9.27. The van der Waals surface area contributed by atoms with Crippen molar-refractivity contribution in [2.75, 3.05) is 31.1 Å². The van der Waals surface area contributed by atoms with Crippen molar-refractivity contribution in [2.45, 2.75) is 0 Å². The molecule has 17 heavy (non-hydrogen) atoms. The first-order valence-electron chi connectivity index (χ1n) is 5.23. The summed E-state index contributed by atoms with van der Waals surface area (Å²) in [7, 11) is 0. The van der Waals surface area contributed by atoms with E-state index in [0.29, 0.717) is 0 Å². The van der Waals surface area contributed by atoms with Crippen molar-refractivity contribution in [3.05, 3.63) is 29.3 Å². The van der Waals surface area contributed by atoms with Crippen LogP contribution in [0.1, 0.15) is 0 Å². The lowest BCUT2D eigenvalue weighted by Crippen LogP contribution is -2.43. The largest absolute Gasteiger partial charge is 0.503 e. The minimum Gasteiger partial charge on any atom is -0.450 e. The maximum atomic E-state index is 8.56. The monoisotopic (exact) mass is 258 g/mol. The topological polar surface area (TPSA) is 72.8 Å². The number of hydrogen-bond acceptors (Lipinski definition) is 3. The number of hydrogen-bond donors (Lipinski definition) is 3. The molecule has 1 aliphatic rings. The van der Waals surface area contributed by atoms with Gasteiger partial charge in [-0.2, -0.15) is 0 Å². The molecule has 1 heterocycles. The number of nitrogens with zero attached hydrogens (tertiary/aromatic N) is 1. The van der Waals surface area contributed by atoms with Gasteiger partial charge in [-0.25, -0.2) is 4.79 Å². The van der Waals surface area contributed by atoms with E-state index >= 15 is 0 Å². The van der Waals surface area contributed by atoms with Gasteiger partial charge in [0.15, 0.2) is 0 Å². The normalized spacial score (nSPS) is 14.8. The number of halogens is 1. The Morgan fingerprint density at radius 2 is 1.76 bits per heavy atom. The van der Waals surface area contributed by atoms with E-state index < -0.39 is 6.16 Å². The Labute approximate surface area is 105 Å². The van der Waals surface area contributed by atoms with Gasteiger partial charge in [-0.15, -0.1) is 0 Å². The van der Waals surface area contributed by atoms with Crippen LogP contribution in [0, 0.1) is 0 Å². The third-order valence-corrected chi connectivity index (χ3v) is 2.63. The van der Waals surface area contributed by atoms with Gasteiger partial charge in [0.25, 0.3) is 0 Å². The van der Waals surface area contributed by atoms with Gasteiger partial charge in [-0.05, 0) is 12.1 Å². The summed E-state index contributed by atoms with van der Waals surface area (Å²) in [4.78, 5) is 10.9. The molecule has 0 unspecified atom stereocenters. The van der Waals surface area contributed by atoms with Crippen LogP contribution in [0.4, 0.5) is 10.5 Å². The number of nitrogens with one attached hydrogen (secondary N) is 1. The van der Waals surface area contributed by atoms with Gasteiger partial charge in [-0.3, -0.25) is 0 Å². The van der Waals surface area contributed by atoms with E-state index in [-0.39, 0.29) is 0 Å². The maximum absolute atomic E-state index is 8.56. The zero-order chi connectivity index (χ0) is 12.7. The van der Waals surface area contributed by atoms with Crippen LogP contribution < -0.4 is 10.2 Å². The van der Waals surface area contributed by atoms with Crippen LogP contribution in [0.2, 0.25) is 5.02 Å². The van der Waals surface area contributed by atoms with Gasteiger partial charge in [0.2, 0.25) is 0 Å². The molecule has 1 aromatic rings. The fourth-order valence-electron chi connectivity index (χ4n) is 1.61. The smallest absolute Gasteiger partial charge is 0.450 e. The average Bonchev–Trinajstić information content (AvgIpc) is 2.30. The van der Waals surface area contributed by atoms with Gasteiger partial charge in [0.05, 0.1) is 10.7 Å². The van der Waals surface area contributed by atoms with Crippen LogP contribution >= 0.6 is 11.6 Å². The van der Waals surface area contributed by atoms with Crippen molar-refractivity contribution >= 4 is 23.4 Å². The number of benzene rings is 1. The zero-order valence-corrected chi connectivity index (χ0v) is 10.0. The van der Waals surface area contributed by atoms with E-state index in [1.807, 2.05) is 18.2 Å². The third-order valence-electron chi connectivity index (χ3n) is 2.31. The van der Waals surface area contributed by atoms with Gasteiger partial charge in [-0.1, -0.05) is 23.7 Å². The fourth-order valence-corrected chi connectivity index (χ4v) is 1.87. The molecule has 0 amide bonds. The standard InChI is InChI=1S/C10H13ClN2.CH2O3/c11-9-3-1-2-4-10(9)13-7-5-12-6-8-13;2-1(3)4/h1-4,12H,5-8H2;(H2,2,3,4). The van der Waals surface area contributed by atoms with Crippen molar-refractivity contribution in [2.24, 2.45) is 0 Å². The molecule has 5 nitrogen and oxygen atoms in total. The molecule has 0 spiro atoms. The van der Waals surface area contributed by atoms with Gasteiger partial charge < -0.3 is 20.4 Å². The summed E-state index contributed by atoms with van der Waals surface area (Å²) < 4.78 is 0. The number of carbonyl (C=O) groups is 1. The molecule has 94 valence electrons. The number of para-hydroxylation sites is 1. The van der Waals surface area contributed by atoms with Crippen molar-refractivity contribution in [1.82, 2.24) is 5.32 Å². The second-order valence-electron chi connectivity index (χ2n) is 3.47. The SMILES string of the molecule is Clc1ccccc1N1CCNCC1.O=C(O)O. The van der Waals surface area contributed by atoms with Gasteiger partial charge in [0, 0.05) is 26.2 Å². The Bertz CT molecular complexity index is 363. The van der Waals surface area contributed by atoms with Crippen LogP contribution in [-0.2, 0) is 0 Å². The third kappa shape index (κ3) is 4.93. The highest BCUT2D eigenvalue weighted by molar-refractivity contribution is 6.33. The Balaban J connectivity index is 0.000000317. The lowest BCUT2D eigenvalue weighted by molar-refractivity contribution is 0.137. The van der Waals surface area contributed by atoms with Crippen molar-refractivity contribution in [1.29, 1.82) is 0 Å². The maximum Gasteiger partial charge on any atom is 0.503 e. The summed E-state index contributed by atoms with van der Waals surface area (Å²) in [5.41, 5.74) is 1.16. The molecule has 6 heteroatoms. The summed E-state index contributed by atoms with van der Waals surface area (Å²) >= 11 is 6.10. The van der Waals surface area contributed by atoms with E-state index in [4.69, 9.17) is 26.6 Å². The van der Waals surface area contributed by atoms with Gasteiger partial charge >= 0.3 is 6.16 Å². The van der Waals surface area contributed by atoms with E-state index in [0.717, 1.165) is 36.9 Å². The van der Waals surface area contributed by atoms with E-state index in [2.05, 4.69) is 16.3 Å². The highest BCUT2D eigenvalue weighted by Gasteiger charge is 2.11. The molecule has 0 radical (unpaired) electrons.